The molecule has 1 amide bonds. The highest BCUT2D eigenvalue weighted by Gasteiger charge is 2.10. The van der Waals surface area contributed by atoms with Gasteiger partial charge in [-0.25, -0.2) is 4.98 Å². The van der Waals surface area contributed by atoms with Gasteiger partial charge < -0.3 is 10.4 Å². The quantitative estimate of drug-likeness (QED) is 0.616. The summed E-state index contributed by atoms with van der Waals surface area (Å²) in [5.41, 5.74) is 1.34. The molecule has 0 unspecified atom stereocenters. The summed E-state index contributed by atoms with van der Waals surface area (Å²) in [5, 5.41) is 11.8. The fourth-order valence-electron chi connectivity index (χ4n) is 1.48. The van der Waals surface area contributed by atoms with Crippen molar-refractivity contribution in [3.8, 4) is 0 Å². The van der Waals surface area contributed by atoms with Crippen LogP contribution in [0.15, 0.2) is 12.1 Å². The van der Waals surface area contributed by atoms with Gasteiger partial charge in [0.25, 0.3) is 5.91 Å². The molecule has 5 heteroatoms. The Kier molecular flexibility index (Phi) is 6.09. The van der Waals surface area contributed by atoms with E-state index < -0.39 is 0 Å². The van der Waals surface area contributed by atoms with Gasteiger partial charge >= 0.3 is 0 Å². The zero-order chi connectivity index (χ0) is 13.5. The average Bonchev–Trinajstić information content (AvgIpc) is 2.33. The molecule has 18 heavy (non-hydrogen) atoms. The smallest absolute Gasteiger partial charge is 0.251 e. The zero-order valence-electron chi connectivity index (χ0n) is 10.7. The molecule has 0 spiro atoms. The number of hydrogen-bond donors (Lipinski definition) is 2. The molecular weight excluding hydrogens is 252 g/mol. The summed E-state index contributed by atoms with van der Waals surface area (Å²) >= 11 is 5.90. The van der Waals surface area contributed by atoms with Crippen LogP contribution in [0.1, 0.15) is 48.7 Å². The third-order valence-corrected chi connectivity index (χ3v) is 2.73. The van der Waals surface area contributed by atoms with Crippen LogP contribution >= 0.6 is 11.6 Å². The van der Waals surface area contributed by atoms with Crippen molar-refractivity contribution in [2.75, 3.05) is 13.2 Å². The van der Waals surface area contributed by atoms with Crippen LogP contribution in [0, 0.1) is 0 Å². The lowest BCUT2D eigenvalue weighted by Gasteiger charge is -2.09. The Morgan fingerprint density at radius 2 is 2.17 bits per heavy atom. The Hall–Kier alpha value is -1.13. The van der Waals surface area contributed by atoms with Crippen molar-refractivity contribution in [2.24, 2.45) is 0 Å². The molecular formula is C13H19ClN2O2. The van der Waals surface area contributed by atoms with Crippen molar-refractivity contribution in [1.29, 1.82) is 0 Å². The van der Waals surface area contributed by atoms with Crippen LogP contribution in [-0.2, 0) is 0 Å². The number of aliphatic hydroxyl groups excluding tert-OH is 1. The summed E-state index contributed by atoms with van der Waals surface area (Å²) < 4.78 is 0. The number of hydrogen-bond acceptors (Lipinski definition) is 3. The van der Waals surface area contributed by atoms with E-state index in [0.29, 0.717) is 23.7 Å². The predicted octanol–water partition coefficient (Wildman–Crippen LogP) is 2.36. The molecule has 0 atom stereocenters. The fourth-order valence-corrected chi connectivity index (χ4v) is 1.70. The lowest BCUT2D eigenvalue weighted by Crippen LogP contribution is -2.25. The van der Waals surface area contributed by atoms with Crippen molar-refractivity contribution in [1.82, 2.24) is 10.3 Å². The number of carbonyl (C=O) groups is 1. The highest BCUT2D eigenvalue weighted by atomic mass is 35.5. The number of amides is 1. The minimum absolute atomic E-state index is 0.147. The van der Waals surface area contributed by atoms with Crippen molar-refractivity contribution < 1.29 is 9.90 Å². The van der Waals surface area contributed by atoms with E-state index in [-0.39, 0.29) is 18.4 Å². The van der Waals surface area contributed by atoms with Gasteiger partial charge in [0.2, 0.25) is 0 Å². The van der Waals surface area contributed by atoms with Gasteiger partial charge in [0, 0.05) is 24.4 Å². The molecule has 0 fully saturated rings. The summed E-state index contributed by atoms with van der Waals surface area (Å²) in [7, 11) is 0. The molecule has 4 nitrogen and oxygen atoms in total. The lowest BCUT2D eigenvalue weighted by atomic mass is 10.1. The first-order valence-electron chi connectivity index (χ1n) is 6.11. The van der Waals surface area contributed by atoms with E-state index in [2.05, 4.69) is 10.3 Å². The van der Waals surface area contributed by atoms with Gasteiger partial charge in [0.05, 0.1) is 0 Å². The number of unbranched alkanes of at least 4 members (excludes halogenated alkanes) is 1. The molecule has 0 aliphatic heterocycles. The van der Waals surface area contributed by atoms with Crippen molar-refractivity contribution >= 4 is 17.5 Å². The van der Waals surface area contributed by atoms with Gasteiger partial charge in [-0.2, -0.15) is 0 Å². The van der Waals surface area contributed by atoms with Gasteiger partial charge in [-0.3, -0.25) is 4.79 Å². The predicted molar refractivity (Wildman–Crippen MR) is 72.0 cm³/mol. The molecule has 0 aliphatic rings. The van der Waals surface area contributed by atoms with Crippen LogP contribution in [0.2, 0.25) is 5.15 Å². The van der Waals surface area contributed by atoms with E-state index >= 15 is 0 Å². The largest absolute Gasteiger partial charge is 0.396 e. The first kappa shape index (κ1) is 14.9. The number of nitrogens with zero attached hydrogens (tertiary/aromatic N) is 1. The monoisotopic (exact) mass is 270 g/mol. The Morgan fingerprint density at radius 3 is 2.78 bits per heavy atom. The van der Waals surface area contributed by atoms with Gasteiger partial charge in [-0.15, -0.1) is 0 Å². The second-order valence-corrected chi connectivity index (χ2v) is 4.83. The van der Waals surface area contributed by atoms with E-state index in [1.165, 1.54) is 0 Å². The highest BCUT2D eigenvalue weighted by Crippen LogP contribution is 2.17. The van der Waals surface area contributed by atoms with Crippen LogP contribution < -0.4 is 5.32 Å². The summed E-state index contributed by atoms with van der Waals surface area (Å²) in [6.45, 7) is 4.70. The van der Waals surface area contributed by atoms with Crippen molar-refractivity contribution in [3.63, 3.8) is 0 Å². The van der Waals surface area contributed by atoms with E-state index in [0.717, 1.165) is 12.1 Å². The molecule has 0 aromatic carbocycles. The normalized spacial score (nSPS) is 10.7. The zero-order valence-corrected chi connectivity index (χ0v) is 11.5. The fraction of sp³-hybridized carbons (Fsp3) is 0.538. The van der Waals surface area contributed by atoms with E-state index in [4.69, 9.17) is 16.7 Å². The average molecular weight is 271 g/mol. The van der Waals surface area contributed by atoms with E-state index in [9.17, 15) is 4.79 Å². The Bertz CT molecular complexity index is 408. The van der Waals surface area contributed by atoms with Gasteiger partial charge in [0.1, 0.15) is 5.15 Å². The second-order valence-electron chi connectivity index (χ2n) is 4.44. The number of carbonyl (C=O) groups excluding carboxylic acids is 1. The maximum absolute atomic E-state index is 11.9. The molecule has 1 heterocycles. The maximum Gasteiger partial charge on any atom is 0.251 e. The maximum atomic E-state index is 11.9. The van der Waals surface area contributed by atoms with Gasteiger partial charge in [-0.1, -0.05) is 25.4 Å². The number of halogens is 1. The minimum atomic E-state index is -0.154. The Balaban J connectivity index is 2.67. The summed E-state index contributed by atoms with van der Waals surface area (Å²) in [5.74, 6) is 0.0729. The molecule has 0 saturated carbocycles. The van der Waals surface area contributed by atoms with Crippen LogP contribution in [0.3, 0.4) is 0 Å². The minimum Gasteiger partial charge on any atom is -0.396 e. The molecule has 0 bridgehead atoms. The SMILES string of the molecule is CC(C)c1cc(C(=O)NCCCCO)cc(Cl)n1. The second kappa shape index (κ2) is 7.34. The number of nitrogens with one attached hydrogen (secondary N) is 1. The summed E-state index contributed by atoms with van der Waals surface area (Å²) in [6, 6.07) is 3.33. The number of pyridine rings is 1. The molecule has 2 N–H and O–H groups in total. The van der Waals surface area contributed by atoms with Crippen LogP contribution in [-0.4, -0.2) is 29.1 Å². The first-order valence-corrected chi connectivity index (χ1v) is 6.49. The Morgan fingerprint density at radius 1 is 1.44 bits per heavy atom. The Labute approximate surface area is 112 Å². The first-order chi connectivity index (χ1) is 8.54. The molecule has 1 rings (SSSR count). The summed E-state index contributed by atoms with van der Waals surface area (Å²) in [6.07, 6.45) is 1.45. The molecule has 100 valence electrons. The molecule has 1 aromatic rings. The van der Waals surface area contributed by atoms with Crippen molar-refractivity contribution in [2.45, 2.75) is 32.6 Å². The third kappa shape index (κ3) is 4.63. The van der Waals surface area contributed by atoms with Gasteiger partial charge in [0.15, 0.2) is 0 Å². The topological polar surface area (TPSA) is 62.2 Å². The molecule has 0 saturated heterocycles. The van der Waals surface area contributed by atoms with E-state index in [1.54, 1.807) is 12.1 Å². The summed E-state index contributed by atoms with van der Waals surface area (Å²) in [4.78, 5) is 16.1. The number of aliphatic hydroxyl groups is 1. The third-order valence-electron chi connectivity index (χ3n) is 2.54. The van der Waals surface area contributed by atoms with Crippen molar-refractivity contribution in [3.05, 3.63) is 28.5 Å². The lowest BCUT2D eigenvalue weighted by molar-refractivity contribution is 0.0952. The highest BCUT2D eigenvalue weighted by molar-refractivity contribution is 6.29. The molecule has 0 radical (unpaired) electrons. The van der Waals surface area contributed by atoms with Crippen LogP contribution in [0.25, 0.3) is 0 Å². The molecule has 1 aromatic heterocycles. The molecule has 0 aliphatic carbocycles. The number of aromatic nitrogens is 1. The van der Waals surface area contributed by atoms with Crippen LogP contribution in [0.5, 0.6) is 0 Å². The number of rotatable bonds is 6. The van der Waals surface area contributed by atoms with Gasteiger partial charge in [-0.05, 0) is 30.9 Å². The van der Waals surface area contributed by atoms with Crippen LogP contribution in [0.4, 0.5) is 0 Å². The van der Waals surface area contributed by atoms with E-state index in [1.807, 2.05) is 13.8 Å². The standard InChI is InChI=1S/C13H19ClN2O2/c1-9(2)11-7-10(8-12(14)16-11)13(18)15-5-3-4-6-17/h7-9,17H,3-6H2,1-2H3,(H,15,18).